The molecular weight excluding hydrogens is 509 g/mol. The quantitative estimate of drug-likeness (QED) is 0.364. The summed E-state index contributed by atoms with van der Waals surface area (Å²) in [5.41, 5.74) is 2.52. The van der Waals surface area contributed by atoms with Crippen LogP contribution in [0, 0.1) is 6.92 Å². The zero-order valence-electron chi connectivity index (χ0n) is 15.1. The Hall–Kier alpha value is -1.06. The molecule has 0 aliphatic carbocycles. The predicted octanol–water partition coefficient (Wildman–Crippen LogP) is 4.16. The first kappa shape index (κ1) is 21.2. The van der Waals surface area contributed by atoms with Crippen LogP contribution in [0.4, 0.5) is 0 Å². The molecule has 142 valence electrons. The topological polar surface area (TPSA) is 50.0 Å². The van der Waals surface area contributed by atoms with Gasteiger partial charge in [0, 0.05) is 26.6 Å². The minimum absolute atomic E-state index is 0. The molecule has 0 radical (unpaired) electrons. The highest BCUT2D eigenvalue weighted by Crippen LogP contribution is 2.25. The highest BCUT2D eigenvalue weighted by molar-refractivity contribution is 14.0. The third kappa shape index (κ3) is 5.47. The van der Waals surface area contributed by atoms with Crippen LogP contribution >= 0.6 is 39.9 Å². The standard InChI is InChI=1S/C19H24BrN3O2.HI/c1-14-5-3-4-6-16(14)17-13-23(11-12-24-17)19(21-2)22-10-9-15-7-8-18(20)25-15;/h3-8,17H,9-13H2,1-2H3,(H,21,22);1H. The fourth-order valence-corrected chi connectivity index (χ4v) is 3.43. The molecule has 0 spiro atoms. The van der Waals surface area contributed by atoms with Crippen molar-refractivity contribution in [3.63, 3.8) is 0 Å². The van der Waals surface area contributed by atoms with Gasteiger partial charge in [-0.15, -0.1) is 24.0 Å². The van der Waals surface area contributed by atoms with Crippen molar-refractivity contribution >= 4 is 45.9 Å². The molecule has 1 aromatic heterocycles. The minimum Gasteiger partial charge on any atom is -0.454 e. The maximum Gasteiger partial charge on any atom is 0.193 e. The molecular formula is C19H25BrIN3O2. The van der Waals surface area contributed by atoms with E-state index in [1.807, 2.05) is 19.2 Å². The zero-order valence-corrected chi connectivity index (χ0v) is 19.0. The number of nitrogens with one attached hydrogen (secondary N) is 1. The van der Waals surface area contributed by atoms with Crippen LogP contribution in [0.25, 0.3) is 0 Å². The average Bonchev–Trinajstić information content (AvgIpc) is 3.04. The lowest BCUT2D eigenvalue weighted by Crippen LogP contribution is -2.48. The number of furan rings is 1. The fourth-order valence-electron chi connectivity index (χ4n) is 3.09. The van der Waals surface area contributed by atoms with E-state index < -0.39 is 0 Å². The van der Waals surface area contributed by atoms with Crippen LogP contribution in [-0.2, 0) is 11.2 Å². The first-order valence-electron chi connectivity index (χ1n) is 8.54. The Kier molecular flexibility index (Phi) is 8.43. The molecule has 1 fully saturated rings. The van der Waals surface area contributed by atoms with E-state index in [9.17, 15) is 0 Å². The van der Waals surface area contributed by atoms with Gasteiger partial charge >= 0.3 is 0 Å². The Morgan fingerprint density at radius 3 is 2.81 bits per heavy atom. The van der Waals surface area contributed by atoms with Gasteiger partial charge in [0.25, 0.3) is 0 Å². The van der Waals surface area contributed by atoms with Gasteiger partial charge in [-0.25, -0.2) is 0 Å². The molecule has 1 aliphatic heterocycles. The highest BCUT2D eigenvalue weighted by Gasteiger charge is 2.25. The molecule has 2 aromatic rings. The fraction of sp³-hybridized carbons (Fsp3) is 0.421. The number of benzene rings is 1. The van der Waals surface area contributed by atoms with Gasteiger partial charge in [-0.1, -0.05) is 24.3 Å². The van der Waals surface area contributed by atoms with E-state index in [1.165, 1.54) is 11.1 Å². The molecule has 1 N–H and O–H groups in total. The molecule has 1 aliphatic rings. The molecule has 1 aromatic carbocycles. The van der Waals surface area contributed by atoms with Crippen LogP contribution in [0.15, 0.2) is 50.5 Å². The van der Waals surface area contributed by atoms with Gasteiger partial charge in [-0.2, -0.15) is 0 Å². The lowest BCUT2D eigenvalue weighted by atomic mass is 10.0. The lowest BCUT2D eigenvalue weighted by molar-refractivity contribution is -0.00830. The number of nitrogens with zero attached hydrogens (tertiary/aromatic N) is 2. The molecule has 26 heavy (non-hydrogen) atoms. The second-order valence-electron chi connectivity index (χ2n) is 6.09. The van der Waals surface area contributed by atoms with Crippen LogP contribution in [0.2, 0.25) is 0 Å². The first-order valence-corrected chi connectivity index (χ1v) is 9.33. The van der Waals surface area contributed by atoms with Crippen LogP contribution in [0.3, 0.4) is 0 Å². The summed E-state index contributed by atoms with van der Waals surface area (Å²) in [6.07, 6.45) is 0.894. The molecule has 1 saturated heterocycles. The number of hydrogen-bond acceptors (Lipinski definition) is 3. The number of aryl methyl sites for hydroxylation is 1. The molecule has 0 saturated carbocycles. The van der Waals surface area contributed by atoms with Crippen LogP contribution in [-0.4, -0.2) is 44.1 Å². The summed E-state index contributed by atoms with van der Waals surface area (Å²) in [5.74, 6) is 1.86. The van der Waals surface area contributed by atoms with Crippen molar-refractivity contribution in [1.29, 1.82) is 0 Å². The summed E-state index contributed by atoms with van der Waals surface area (Å²) < 4.78 is 12.3. The van der Waals surface area contributed by atoms with E-state index in [-0.39, 0.29) is 30.1 Å². The molecule has 1 unspecified atom stereocenters. The minimum atomic E-state index is 0. The molecule has 3 rings (SSSR count). The van der Waals surface area contributed by atoms with Gasteiger partial charge in [0.2, 0.25) is 0 Å². The van der Waals surface area contributed by atoms with Gasteiger partial charge in [0.15, 0.2) is 10.6 Å². The Bertz CT molecular complexity index is 735. The molecule has 0 bridgehead atoms. The van der Waals surface area contributed by atoms with Crippen molar-refractivity contribution in [2.75, 3.05) is 33.3 Å². The smallest absolute Gasteiger partial charge is 0.193 e. The van der Waals surface area contributed by atoms with E-state index in [1.54, 1.807) is 0 Å². The highest BCUT2D eigenvalue weighted by atomic mass is 127. The molecule has 0 amide bonds. The largest absolute Gasteiger partial charge is 0.454 e. The Morgan fingerprint density at radius 2 is 2.12 bits per heavy atom. The van der Waals surface area contributed by atoms with Crippen LogP contribution < -0.4 is 5.32 Å². The molecule has 7 heteroatoms. The van der Waals surface area contributed by atoms with Crippen molar-refractivity contribution < 1.29 is 9.15 Å². The van der Waals surface area contributed by atoms with E-state index in [2.05, 4.69) is 62.3 Å². The van der Waals surface area contributed by atoms with Crippen molar-refractivity contribution in [3.05, 3.63) is 58.0 Å². The molecule has 5 nitrogen and oxygen atoms in total. The van der Waals surface area contributed by atoms with Crippen LogP contribution in [0.5, 0.6) is 0 Å². The molecule has 1 atom stereocenters. The third-order valence-corrected chi connectivity index (χ3v) is 4.82. The van der Waals surface area contributed by atoms with Crippen molar-refractivity contribution in [1.82, 2.24) is 10.2 Å². The maximum absolute atomic E-state index is 6.00. The van der Waals surface area contributed by atoms with Crippen molar-refractivity contribution in [2.24, 2.45) is 4.99 Å². The number of hydrogen-bond donors (Lipinski definition) is 1. The Labute approximate surface area is 180 Å². The van der Waals surface area contributed by atoms with Gasteiger partial charge in [-0.05, 0) is 46.1 Å². The van der Waals surface area contributed by atoms with Gasteiger partial charge in [0.05, 0.1) is 13.2 Å². The summed E-state index contributed by atoms with van der Waals surface area (Å²) in [6, 6.07) is 12.3. The first-order chi connectivity index (χ1) is 12.2. The second-order valence-corrected chi connectivity index (χ2v) is 6.87. The number of ether oxygens (including phenoxy) is 1. The SMILES string of the molecule is CN=C(NCCc1ccc(Br)o1)N1CCOC(c2ccccc2C)C1.I. The summed E-state index contributed by atoms with van der Waals surface area (Å²) in [6.45, 7) is 5.25. The maximum atomic E-state index is 6.00. The van der Waals surface area contributed by atoms with Gasteiger partial charge in [-0.3, -0.25) is 4.99 Å². The number of guanidine groups is 1. The van der Waals surface area contributed by atoms with Crippen LogP contribution in [0.1, 0.15) is 23.0 Å². The van der Waals surface area contributed by atoms with Crippen molar-refractivity contribution in [2.45, 2.75) is 19.4 Å². The average molecular weight is 534 g/mol. The van der Waals surface area contributed by atoms with E-state index in [0.717, 1.165) is 42.4 Å². The van der Waals surface area contributed by atoms with Gasteiger partial charge in [0.1, 0.15) is 11.9 Å². The lowest BCUT2D eigenvalue weighted by Gasteiger charge is -2.35. The number of halogens is 2. The predicted molar refractivity (Wildman–Crippen MR) is 118 cm³/mol. The number of morpholine rings is 1. The van der Waals surface area contributed by atoms with Gasteiger partial charge < -0.3 is 19.4 Å². The molecule has 2 heterocycles. The number of rotatable bonds is 4. The summed E-state index contributed by atoms with van der Waals surface area (Å²) in [5, 5.41) is 3.43. The zero-order chi connectivity index (χ0) is 17.6. The summed E-state index contributed by atoms with van der Waals surface area (Å²) in [7, 11) is 1.82. The second kappa shape index (κ2) is 10.3. The summed E-state index contributed by atoms with van der Waals surface area (Å²) in [4.78, 5) is 6.70. The monoisotopic (exact) mass is 533 g/mol. The Balaban J connectivity index is 0.00000243. The van der Waals surface area contributed by atoms with Crippen molar-refractivity contribution in [3.8, 4) is 0 Å². The number of aliphatic imine (C=N–C) groups is 1. The summed E-state index contributed by atoms with van der Waals surface area (Å²) >= 11 is 3.33. The van der Waals surface area contributed by atoms with E-state index in [0.29, 0.717) is 6.61 Å². The normalized spacial score (nSPS) is 17.7. The van der Waals surface area contributed by atoms with E-state index >= 15 is 0 Å². The Morgan fingerprint density at radius 1 is 1.31 bits per heavy atom. The van der Waals surface area contributed by atoms with E-state index in [4.69, 9.17) is 9.15 Å². The third-order valence-electron chi connectivity index (χ3n) is 4.40.